The first kappa shape index (κ1) is 9.98. The Bertz CT molecular complexity index is 266. The van der Waals surface area contributed by atoms with E-state index in [2.05, 4.69) is 14.7 Å². The van der Waals surface area contributed by atoms with Crippen LogP contribution in [0.4, 0.5) is 0 Å². The van der Waals surface area contributed by atoms with Crippen molar-refractivity contribution in [3.63, 3.8) is 0 Å². The van der Waals surface area contributed by atoms with E-state index in [1.807, 2.05) is 6.07 Å². The third-order valence-corrected chi connectivity index (χ3v) is 2.28. The van der Waals surface area contributed by atoms with Crippen molar-refractivity contribution in [2.24, 2.45) is 0 Å². The summed E-state index contributed by atoms with van der Waals surface area (Å²) in [5.74, 6) is 0.491. The van der Waals surface area contributed by atoms with Crippen LogP contribution in [0.15, 0.2) is 23.6 Å². The molecule has 1 aromatic rings. The third-order valence-electron chi connectivity index (χ3n) is 1.34. The highest BCUT2D eigenvalue weighted by molar-refractivity contribution is 7.99. The van der Waals surface area contributed by atoms with Gasteiger partial charge in [0.25, 0.3) is 0 Å². The maximum atomic E-state index is 10.7. The van der Waals surface area contributed by atoms with E-state index in [0.717, 1.165) is 5.03 Å². The van der Waals surface area contributed by atoms with E-state index < -0.39 is 0 Å². The van der Waals surface area contributed by atoms with Gasteiger partial charge < -0.3 is 4.74 Å². The zero-order valence-electron chi connectivity index (χ0n) is 7.27. The molecule has 5 heteroatoms. The van der Waals surface area contributed by atoms with E-state index in [0.29, 0.717) is 12.2 Å². The van der Waals surface area contributed by atoms with E-state index in [9.17, 15) is 4.79 Å². The van der Waals surface area contributed by atoms with Crippen LogP contribution in [0.2, 0.25) is 0 Å². The molecule has 1 rings (SSSR count). The standard InChI is InChI=1S/C8H10N2O2S/c1-12-8(11)3-5-13-7-2-4-9-6-10-7/h2,4,6H,3,5H2,1H3. The van der Waals surface area contributed by atoms with E-state index >= 15 is 0 Å². The normalized spacial score (nSPS) is 9.62. The number of nitrogens with zero attached hydrogens (tertiary/aromatic N) is 2. The summed E-state index contributed by atoms with van der Waals surface area (Å²) in [5, 5.41) is 0.874. The van der Waals surface area contributed by atoms with Crippen molar-refractivity contribution in [2.75, 3.05) is 12.9 Å². The molecular weight excluding hydrogens is 188 g/mol. The fourth-order valence-electron chi connectivity index (χ4n) is 0.705. The number of methoxy groups -OCH3 is 1. The lowest BCUT2D eigenvalue weighted by Crippen LogP contribution is -2.01. The van der Waals surface area contributed by atoms with Gasteiger partial charge in [-0.3, -0.25) is 4.79 Å². The van der Waals surface area contributed by atoms with Gasteiger partial charge in [0.15, 0.2) is 0 Å². The minimum Gasteiger partial charge on any atom is -0.469 e. The minimum absolute atomic E-state index is 0.193. The van der Waals surface area contributed by atoms with Crippen LogP contribution in [-0.2, 0) is 9.53 Å². The Morgan fingerprint density at radius 2 is 2.54 bits per heavy atom. The molecule has 0 N–H and O–H groups in total. The van der Waals surface area contributed by atoms with Gasteiger partial charge in [0, 0.05) is 11.9 Å². The molecule has 0 aromatic carbocycles. The SMILES string of the molecule is COC(=O)CCSc1ccncn1. The molecule has 0 aliphatic rings. The van der Waals surface area contributed by atoms with Crippen molar-refractivity contribution in [1.29, 1.82) is 0 Å². The van der Waals surface area contributed by atoms with Crippen LogP contribution in [-0.4, -0.2) is 28.8 Å². The van der Waals surface area contributed by atoms with Gasteiger partial charge in [-0.05, 0) is 6.07 Å². The number of hydrogen-bond donors (Lipinski definition) is 0. The molecule has 0 fully saturated rings. The van der Waals surface area contributed by atoms with Gasteiger partial charge in [-0.1, -0.05) is 0 Å². The molecule has 0 radical (unpaired) electrons. The smallest absolute Gasteiger partial charge is 0.306 e. The van der Waals surface area contributed by atoms with E-state index in [1.165, 1.54) is 25.2 Å². The summed E-state index contributed by atoms with van der Waals surface area (Å²) in [7, 11) is 1.39. The number of carbonyl (C=O) groups is 1. The fourth-order valence-corrected chi connectivity index (χ4v) is 1.46. The third kappa shape index (κ3) is 3.89. The van der Waals surface area contributed by atoms with Crippen molar-refractivity contribution in [3.8, 4) is 0 Å². The Labute approximate surface area is 80.7 Å². The summed E-state index contributed by atoms with van der Waals surface area (Å²) in [5.41, 5.74) is 0. The van der Waals surface area contributed by atoms with Crippen LogP contribution < -0.4 is 0 Å². The molecule has 1 aromatic heterocycles. The van der Waals surface area contributed by atoms with Crippen LogP contribution >= 0.6 is 11.8 Å². The molecule has 0 aliphatic carbocycles. The molecule has 1 heterocycles. The quantitative estimate of drug-likeness (QED) is 0.412. The first-order chi connectivity index (χ1) is 6.33. The van der Waals surface area contributed by atoms with Crippen molar-refractivity contribution in [2.45, 2.75) is 11.4 Å². The Kier molecular flexibility index (Phi) is 4.25. The predicted octanol–water partition coefficient (Wildman–Crippen LogP) is 1.13. The summed E-state index contributed by atoms with van der Waals surface area (Å²) in [4.78, 5) is 18.5. The summed E-state index contributed by atoms with van der Waals surface area (Å²) in [6.45, 7) is 0. The van der Waals surface area contributed by atoms with Gasteiger partial charge in [-0.25, -0.2) is 9.97 Å². The molecule has 0 atom stereocenters. The average Bonchev–Trinajstić information content (AvgIpc) is 2.19. The summed E-state index contributed by atoms with van der Waals surface area (Å²) in [6, 6.07) is 1.81. The molecule has 0 saturated heterocycles. The second kappa shape index (κ2) is 5.53. The highest BCUT2D eigenvalue weighted by atomic mass is 32.2. The number of thioether (sulfide) groups is 1. The molecule has 13 heavy (non-hydrogen) atoms. The van der Waals surface area contributed by atoms with E-state index in [-0.39, 0.29) is 5.97 Å². The molecule has 0 bridgehead atoms. The van der Waals surface area contributed by atoms with Crippen LogP contribution in [0.1, 0.15) is 6.42 Å². The van der Waals surface area contributed by atoms with Crippen LogP contribution in [0.5, 0.6) is 0 Å². The Morgan fingerprint density at radius 3 is 3.15 bits per heavy atom. The van der Waals surface area contributed by atoms with Gasteiger partial charge >= 0.3 is 5.97 Å². The van der Waals surface area contributed by atoms with Gasteiger partial charge in [0.1, 0.15) is 6.33 Å². The molecule has 0 aliphatic heterocycles. The van der Waals surface area contributed by atoms with Gasteiger partial charge in [-0.15, -0.1) is 11.8 Å². The summed E-state index contributed by atoms with van der Waals surface area (Å²) >= 11 is 1.51. The van der Waals surface area contributed by atoms with Crippen molar-refractivity contribution >= 4 is 17.7 Å². The predicted molar refractivity (Wildman–Crippen MR) is 49.4 cm³/mol. The molecule has 70 valence electrons. The van der Waals surface area contributed by atoms with Gasteiger partial charge in [0.05, 0.1) is 18.6 Å². The zero-order chi connectivity index (χ0) is 9.52. The van der Waals surface area contributed by atoms with Crippen molar-refractivity contribution < 1.29 is 9.53 Å². The minimum atomic E-state index is -0.193. The molecule has 0 unspecified atom stereocenters. The first-order valence-corrected chi connectivity index (χ1v) is 4.77. The van der Waals surface area contributed by atoms with E-state index in [4.69, 9.17) is 0 Å². The maximum Gasteiger partial charge on any atom is 0.306 e. The monoisotopic (exact) mass is 198 g/mol. The lowest BCUT2D eigenvalue weighted by atomic mass is 10.5. The Hall–Kier alpha value is -1.10. The van der Waals surface area contributed by atoms with E-state index in [1.54, 1.807) is 6.20 Å². The Balaban J connectivity index is 2.24. The second-order valence-corrected chi connectivity index (χ2v) is 3.34. The summed E-state index contributed by atoms with van der Waals surface area (Å²) in [6.07, 6.45) is 3.57. The molecule has 4 nitrogen and oxygen atoms in total. The van der Waals surface area contributed by atoms with Crippen molar-refractivity contribution in [1.82, 2.24) is 9.97 Å². The number of carbonyl (C=O) groups excluding carboxylic acids is 1. The fraction of sp³-hybridized carbons (Fsp3) is 0.375. The number of esters is 1. The Morgan fingerprint density at radius 1 is 1.69 bits per heavy atom. The number of hydrogen-bond acceptors (Lipinski definition) is 5. The maximum absolute atomic E-state index is 10.7. The number of rotatable bonds is 4. The lowest BCUT2D eigenvalue weighted by Gasteiger charge is -1.98. The van der Waals surface area contributed by atoms with Crippen LogP contribution in [0.3, 0.4) is 0 Å². The molecular formula is C8H10N2O2S. The van der Waals surface area contributed by atoms with Crippen LogP contribution in [0, 0.1) is 0 Å². The number of ether oxygens (including phenoxy) is 1. The molecule has 0 spiro atoms. The topological polar surface area (TPSA) is 52.1 Å². The number of aromatic nitrogens is 2. The highest BCUT2D eigenvalue weighted by Gasteiger charge is 2.00. The van der Waals surface area contributed by atoms with Crippen LogP contribution in [0.25, 0.3) is 0 Å². The lowest BCUT2D eigenvalue weighted by molar-refractivity contribution is -0.140. The largest absolute Gasteiger partial charge is 0.469 e. The van der Waals surface area contributed by atoms with Gasteiger partial charge in [0.2, 0.25) is 0 Å². The second-order valence-electron chi connectivity index (χ2n) is 2.22. The average molecular weight is 198 g/mol. The first-order valence-electron chi connectivity index (χ1n) is 3.78. The van der Waals surface area contributed by atoms with Gasteiger partial charge in [-0.2, -0.15) is 0 Å². The summed E-state index contributed by atoms with van der Waals surface area (Å²) < 4.78 is 4.50. The molecule has 0 amide bonds. The molecule has 0 saturated carbocycles. The zero-order valence-corrected chi connectivity index (χ0v) is 8.08. The highest BCUT2D eigenvalue weighted by Crippen LogP contribution is 2.14. The van der Waals surface area contributed by atoms with Crippen molar-refractivity contribution in [3.05, 3.63) is 18.6 Å².